The summed E-state index contributed by atoms with van der Waals surface area (Å²) in [5.74, 6) is 0.428. The Kier molecular flexibility index (Phi) is 3.76. The Morgan fingerprint density at radius 1 is 1.29 bits per heavy atom. The lowest BCUT2D eigenvalue weighted by molar-refractivity contribution is 0.0928. The zero-order chi connectivity index (χ0) is 19.3. The van der Waals surface area contributed by atoms with Crippen LogP contribution in [0.5, 0.6) is 0 Å². The van der Waals surface area contributed by atoms with Crippen LogP contribution in [-0.2, 0) is 0 Å². The third-order valence-corrected chi connectivity index (χ3v) is 5.78. The van der Waals surface area contributed by atoms with Crippen LogP contribution in [-0.4, -0.2) is 48.5 Å². The van der Waals surface area contributed by atoms with Crippen LogP contribution in [0.25, 0.3) is 17.0 Å². The number of aryl methyl sites for hydroxylation is 1. The quantitative estimate of drug-likeness (QED) is 0.704. The molecule has 2 fully saturated rings. The van der Waals surface area contributed by atoms with E-state index >= 15 is 0 Å². The van der Waals surface area contributed by atoms with Gasteiger partial charge >= 0.3 is 0 Å². The van der Waals surface area contributed by atoms with E-state index < -0.39 is 0 Å². The van der Waals surface area contributed by atoms with E-state index in [0.29, 0.717) is 17.0 Å². The molecule has 3 unspecified atom stereocenters. The minimum absolute atomic E-state index is 0.0276. The number of benzene rings is 1. The van der Waals surface area contributed by atoms with Crippen molar-refractivity contribution < 1.29 is 4.79 Å². The molecule has 2 saturated heterocycles. The second-order valence-corrected chi connectivity index (χ2v) is 7.44. The molecule has 1 N–H and O–H groups in total. The van der Waals surface area contributed by atoms with Crippen LogP contribution in [0.2, 0.25) is 0 Å². The number of carbonyl (C=O) groups is 1. The molecule has 0 saturated carbocycles. The molecule has 5 rings (SSSR count). The smallest absolute Gasteiger partial charge is 0.251 e. The van der Waals surface area contributed by atoms with E-state index in [4.69, 9.17) is 0 Å². The van der Waals surface area contributed by atoms with Crippen LogP contribution in [0.15, 0.2) is 36.8 Å². The van der Waals surface area contributed by atoms with Crippen molar-refractivity contribution in [3.05, 3.63) is 48.0 Å². The van der Waals surface area contributed by atoms with Crippen molar-refractivity contribution in [3.8, 4) is 12.1 Å². The summed E-state index contributed by atoms with van der Waals surface area (Å²) in [5.41, 5.74) is 3.00. The van der Waals surface area contributed by atoms with Crippen LogP contribution in [0, 0.1) is 18.4 Å². The first-order valence-electron chi connectivity index (χ1n) is 9.40. The first-order chi connectivity index (χ1) is 13.6. The minimum atomic E-state index is -0.126. The lowest BCUT2D eigenvalue weighted by atomic mass is 9.95. The molecule has 2 bridgehead atoms. The summed E-state index contributed by atoms with van der Waals surface area (Å²) in [7, 11) is 0. The summed E-state index contributed by atoms with van der Waals surface area (Å²) in [6.45, 7) is 1.91. The molecule has 1 aromatic carbocycles. The third kappa shape index (κ3) is 2.59. The van der Waals surface area contributed by atoms with E-state index in [2.05, 4.69) is 26.5 Å². The number of imidazole rings is 1. The fourth-order valence-electron chi connectivity index (χ4n) is 4.42. The van der Waals surface area contributed by atoms with E-state index in [-0.39, 0.29) is 24.0 Å². The number of fused-ring (bicyclic) bond motifs is 3. The monoisotopic (exact) mass is 373 g/mol. The first kappa shape index (κ1) is 16.7. The normalized spacial score (nSPS) is 23.1. The average molecular weight is 373 g/mol. The Morgan fingerprint density at radius 3 is 2.96 bits per heavy atom. The Bertz CT molecular complexity index is 1120. The maximum absolute atomic E-state index is 12.8. The molecule has 8 nitrogen and oxygen atoms in total. The van der Waals surface area contributed by atoms with Gasteiger partial charge in [0.15, 0.2) is 6.19 Å². The van der Waals surface area contributed by atoms with Gasteiger partial charge in [-0.3, -0.25) is 9.36 Å². The molecular formula is C20H19N7O. The standard InChI is InChI=1S/C20H19N7O/c1-12-6-7-22-20(24-12)27-11-23-15-8-13(2-4-17(15)27)19(28)25-16-9-14-3-5-18(16)26(14)10-21/h2,4,6-8,11,14,16,18H,3,5,9H2,1H3,(H,25,28). The van der Waals surface area contributed by atoms with E-state index in [1.54, 1.807) is 24.7 Å². The van der Waals surface area contributed by atoms with Gasteiger partial charge in [-0.1, -0.05) is 0 Å². The molecule has 2 aliphatic heterocycles. The molecule has 3 atom stereocenters. The Balaban J connectivity index is 1.39. The lowest BCUT2D eigenvalue weighted by Gasteiger charge is -2.21. The van der Waals surface area contributed by atoms with Gasteiger partial charge in [0.1, 0.15) is 6.33 Å². The number of hydrogen-bond donors (Lipinski definition) is 1. The van der Waals surface area contributed by atoms with Crippen LogP contribution in [0.1, 0.15) is 35.3 Å². The summed E-state index contributed by atoms with van der Waals surface area (Å²) in [4.78, 5) is 27.8. The maximum atomic E-state index is 12.8. The van der Waals surface area contributed by atoms with Gasteiger partial charge in [0.25, 0.3) is 5.91 Å². The highest BCUT2D eigenvalue weighted by molar-refractivity contribution is 5.97. The van der Waals surface area contributed by atoms with E-state index in [0.717, 1.165) is 30.5 Å². The van der Waals surface area contributed by atoms with Gasteiger partial charge in [-0.2, -0.15) is 5.26 Å². The molecule has 8 heteroatoms. The summed E-state index contributed by atoms with van der Waals surface area (Å²) >= 11 is 0. The third-order valence-electron chi connectivity index (χ3n) is 5.78. The van der Waals surface area contributed by atoms with E-state index in [1.807, 2.05) is 28.5 Å². The molecule has 4 heterocycles. The number of carbonyl (C=O) groups excluding carboxylic acids is 1. The SMILES string of the molecule is Cc1ccnc(-n2cnc3cc(C(=O)NC4CC5CCC4N5C#N)ccc32)n1. The summed E-state index contributed by atoms with van der Waals surface area (Å²) < 4.78 is 1.81. The molecule has 2 aliphatic rings. The van der Waals surface area contributed by atoms with Gasteiger partial charge in [0.2, 0.25) is 5.95 Å². The number of aromatic nitrogens is 4. The van der Waals surface area contributed by atoms with Crippen molar-refractivity contribution in [2.75, 3.05) is 0 Å². The second-order valence-electron chi connectivity index (χ2n) is 7.44. The van der Waals surface area contributed by atoms with Crippen molar-refractivity contribution in [2.45, 2.75) is 44.3 Å². The predicted octanol–water partition coefficient (Wildman–Crippen LogP) is 1.94. The Morgan fingerprint density at radius 2 is 2.18 bits per heavy atom. The van der Waals surface area contributed by atoms with Gasteiger partial charge in [-0.25, -0.2) is 15.0 Å². The predicted molar refractivity (Wildman–Crippen MR) is 102 cm³/mol. The molecule has 140 valence electrons. The molecule has 0 radical (unpaired) electrons. The van der Waals surface area contributed by atoms with Crippen LogP contribution < -0.4 is 5.32 Å². The first-order valence-corrected chi connectivity index (χ1v) is 9.40. The van der Waals surface area contributed by atoms with Crippen molar-refractivity contribution >= 4 is 16.9 Å². The minimum Gasteiger partial charge on any atom is -0.347 e. The fraction of sp³-hybridized carbons (Fsp3) is 0.350. The van der Waals surface area contributed by atoms with Crippen LogP contribution >= 0.6 is 0 Å². The van der Waals surface area contributed by atoms with Crippen molar-refractivity contribution in [1.29, 1.82) is 5.26 Å². The molecule has 3 aromatic rings. The molecule has 1 amide bonds. The van der Waals surface area contributed by atoms with Gasteiger partial charge in [0, 0.05) is 23.5 Å². The zero-order valence-corrected chi connectivity index (χ0v) is 15.4. The van der Waals surface area contributed by atoms with Gasteiger partial charge in [-0.15, -0.1) is 0 Å². The number of rotatable bonds is 3. The van der Waals surface area contributed by atoms with E-state index in [9.17, 15) is 10.1 Å². The van der Waals surface area contributed by atoms with Crippen LogP contribution in [0.3, 0.4) is 0 Å². The fourth-order valence-corrected chi connectivity index (χ4v) is 4.42. The van der Waals surface area contributed by atoms with Crippen molar-refractivity contribution in [3.63, 3.8) is 0 Å². The molecular weight excluding hydrogens is 354 g/mol. The molecule has 0 spiro atoms. The number of nitrogens with zero attached hydrogens (tertiary/aromatic N) is 6. The molecule has 2 aromatic heterocycles. The number of nitrogens with one attached hydrogen (secondary N) is 1. The van der Waals surface area contributed by atoms with Crippen molar-refractivity contribution in [1.82, 2.24) is 29.7 Å². The second kappa shape index (κ2) is 6.30. The van der Waals surface area contributed by atoms with Gasteiger partial charge in [0.05, 0.1) is 23.1 Å². The lowest BCUT2D eigenvalue weighted by Crippen LogP contribution is -2.43. The summed E-state index contributed by atoms with van der Waals surface area (Å²) in [6, 6.07) is 7.71. The average Bonchev–Trinajstić information content (AvgIpc) is 3.39. The summed E-state index contributed by atoms with van der Waals surface area (Å²) in [6.07, 6.45) is 8.49. The maximum Gasteiger partial charge on any atom is 0.251 e. The zero-order valence-electron chi connectivity index (χ0n) is 15.4. The highest BCUT2D eigenvalue weighted by Gasteiger charge is 2.46. The largest absolute Gasteiger partial charge is 0.347 e. The number of amides is 1. The Hall–Kier alpha value is -3.47. The van der Waals surface area contributed by atoms with E-state index in [1.165, 1.54) is 0 Å². The highest BCUT2D eigenvalue weighted by Crippen LogP contribution is 2.37. The van der Waals surface area contributed by atoms with Crippen LogP contribution in [0.4, 0.5) is 0 Å². The number of hydrogen-bond acceptors (Lipinski definition) is 6. The highest BCUT2D eigenvalue weighted by atomic mass is 16.1. The van der Waals surface area contributed by atoms with Gasteiger partial charge < -0.3 is 10.2 Å². The molecule has 28 heavy (non-hydrogen) atoms. The number of nitriles is 1. The molecule has 0 aliphatic carbocycles. The van der Waals surface area contributed by atoms with Crippen molar-refractivity contribution in [2.24, 2.45) is 0 Å². The summed E-state index contributed by atoms with van der Waals surface area (Å²) in [5, 5.41) is 12.4. The van der Waals surface area contributed by atoms with Gasteiger partial charge in [-0.05, 0) is 50.5 Å². The Labute approximate surface area is 161 Å². The topological polar surface area (TPSA) is 99.7 Å².